The van der Waals surface area contributed by atoms with Crippen LogP contribution in [0.25, 0.3) is 11.1 Å². The van der Waals surface area contributed by atoms with Crippen molar-refractivity contribution in [1.82, 2.24) is 0 Å². The van der Waals surface area contributed by atoms with Gasteiger partial charge >= 0.3 is 0 Å². The first kappa shape index (κ1) is 18.4. The van der Waals surface area contributed by atoms with Crippen LogP contribution in [0.5, 0.6) is 0 Å². The van der Waals surface area contributed by atoms with Gasteiger partial charge in [-0.1, -0.05) is 101 Å². The van der Waals surface area contributed by atoms with Crippen LogP contribution in [0.3, 0.4) is 0 Å². The molecule has 0 saturated heterocycles. The van der Waals surface area contributed by atoms with E-state index in [1.54, 1.807) is 0 Å². The number of hydrogen-bond donors (Lipinski definition) is 0. The van der Waals surface area contributed by atoms with Gasteiger partial charge in [0.15, 0.2) is 5.78 Å². The highest BCUT2D eigenvalue weighted by molar-refractivity contribution is 6.89. The SMILES string of the molecule is CC(C)(C)c1c#cc2c(c([Si](C)(C)C)cccc1)C(=O)c1ccccc1-2. The molecule has 0 radical (unpaired) electrons. The molecule has 0 unspecified atom stereocenters. The van der Waals surface area contributed by atoms with E-state index in [4.69, 9.17) is 0 Å². The molecule has 0 atom stereocenters. The van der Waals surface area contributed by atoms with Gasteiger partial charge in [0, 0.05) is 27.8 Å². The third-order valence-electron chi connectivity index (χ3n) is 4.76. The van der Waals surface area contributed by atoms with Gasteiger partial charge in [0.1, 0.15) is 0 Å². The maximum absolute atomic E-state index is 13.2. The number of benzene rings is 1. The summed E-state index contributed by atoms with van der Waals surface area (Å²) < 4.78 is 0. The van der Waals surface area contributed by atoms with Crippen LogP contribution in [0.4, 0.5) is 0 Å². The molecule has 0 heterocycles. The Morgan fingerprint density at radius 2 is 1.38 bits per heavy atom. The fraction of sp³-hybridized carbons (Fsp3) is 0.292. The molecule has 0 amide bonds. The average Bonchev–Trinajstić information content (AvgIpc) is 2.82. The van der Waals surface area contributed by atoms with Crippen molar-refractivity contribution in [2.24, 2.45) is 0 Å². The molecule has 2 heteroatoms. The predicted molar refractivity (Wildman–Crippen MR) is 112 cm³/mol. The standard InChI is InChI=1S/C24H26OSi/c1-24(2,3)17-11-7-10-14-21(26(4,5)6)22-19(16-15-17)18-12-8-9-13-20(18)23(22)25/h7-14H,1-6H3. The second-order valence-corrected chi connectivity index (χ2v) is 14.0. The predicted octanol–water partition coefficient (Wildman–Crippen LogP) is 5.47. The van der Waals surface area contributed by atoms with Gasteiger partial charge in [0.05, 0.1) is 8.07 Å². The van der Waals surface area contributed by atoms with Gasteiger partial charge in [-0.25, -0.2) is 0 Å². The van der Waals surface area contributed by atoms with Crippen molar-refractivity contribution in [1.29, 1.82) is 0 Å². The first-order chi connectivity index (χ1) is 12.1. The second kappa shape index (κ2) is 6.41. The summed E-state index contributed by atoms with van der Waals surface area (Å²) in [6.07, 6.45) is 0. The molecular formula is C24H26OSi. The summed E-state index contributed by atoms with van der Waals surface area (Å²) in [6, 6.07) is 23.0. The summed E-state index contributed by atoms with van der Waals surface area (Å²) in [5.41, 5.74) is 4.50. The van der Waals surface area contributed by atoms with Crippen LogP contribution in [0, 0.1) is 12.1 Å². The summed E-state index contributed by atoms with van der Waals surface area (Å²) in [7, 11) is -1.73. The average molecular weight is 359 g/mol. The summed E-state index contributed by atoms with van der Waals surface area (Å²) in [4.78, 5) is 13.2. The zero-order valence-electron chi connectivity index (χ0n) is 16.5. The van der Waals surface area contributed by atoms with E-state index in [9.17, 15) is 4.79 Å². The third kappa shape index (κ3) is 3.32. The van der Waals surface area contributed by atoms with Crippen molar-refractivity contribution < 1.29 is 4.79 Å². The largest absolute Gasteiger partial charge is 0.289 e. The molecule has 1 aliphatic carbocycles. The van der Waals surface area contributed by atoms with E-state index in [2.05, 4.69) is 70.7 Å². The van der Waals surface area contributed by atoms with Crippen molar-refractivity contribution >= 4 is 19.0 Å². The fourth-order valence-corrected chi connectivity index (χ4v) is 4.87. The Morgan fingerprint density at radius 1 is 0.808 bits per heavy atom. The number of hydrogen-bond acceptors (Lipinski definition) is 1. The van der Waals surface area contributed by atoms with Gasteiger partial charge in [0.25, 0.3) is 0 Å². The number of carbonyl (C=O) groups excluding carboxylic acids is 1. The summed E-state index contributed by atoms with van der Waals surface area (Å²) in [6.45, 7) is 13.3. The van der Waals surface area contributed by atoms with Crippen LogP contribution in [-0.2, 0) is 5.41 Å². The molecule has 132 valence electrons. The molecule has 0 saturated carbocycles. The summed E-state index contributed by atoms with van der Waals surface area (Å²) in [5, 5.41) is 1.17. The smallest absolute Gasteiger partial charge is 0.194 e. The minimum Gasteiger partial charge on any atom is -0.289 e. The van der Waals surface area contributed by atoms with Crippen LogP contribution in [0.2, 0.25) is 19.6 Å². The Hall–Kier alpha value is -2.37. The number of carbonyl (C=O) groups is 1. The van der Waals surface area contributed by atoms with Crippen molar-refractivity contribution in [3.63, 3.8) is 0 Å². The lowest BCUT2D eigenvalue weighted by Crippen LogP contribution is -2.40. The first-order valence-electron chi connectivity index (χ1n) is 9.11. The van der Waals surface area contributed by atoms with Crippen molar-refractivity contribution in [3.05, 3.63) is 77.4 Å². The van der Waals surface area contributed by atoms with E-state index in [1.165, 1.54) is 5.19 Å². The quantitative estimate of drug-likeness (QED) is 0.528. The van der Waals surface area contributed by atoms with Gasteiger partial charge in [-0.2, -0.15) is 0 Å². The Balaban J connectivity index is 2.45. The number of ketones is 1. The first-order valence-corrected chi connectivity index (χ1v) is 12.6. The molecular weight excluding hydrogens is 332 g/mol. The minimum atomic E-state index is -1.73. The van der Waals surface area contributed by atoms with Crippen LogP contribution in [0.15, 0.2) is 48.5 Å². The van der Waals surface area contributed by atoms with Gasteiger partial charge in [-0.3, -0.25) is 4.79 Å². The molecule has 0 fully saturated rings. The lowest BCUT2D eigenvalue weighted by atomic mass is 9.88. The van der Waals surface area contributed by atoms with E-state index >= 15 is 0 Å². The maximum atomic E-state index is 13.2. The summed E-state index contributed by atoms with van der Waals surface area (Å²) in [5.74, 6) is 0.119. The van der Waals surface area contributed by atoms with E-state index in [0.717, 1.165) is 27.8 Å². The van der Waals surface area contributed by atoms with Gasteiger partial charge in [-0.05, 0) is 10.6 Å². The highest BCUT2D eigenvalue weighted by Gasteiger charge is 2.32. The Bertz CT molecular complexity index is 926. The highest BCUT2D eigenvalue weighted by atomic mass is 28.3. The van der Waals surface area contributed by atoms with Crippen molar-refractivity contribution in [3.8, 4) is 11.1 Å². The zero-order valence-corrected chi connectivity index (χ0v) is 17.5. The molecule has 26 heavy (non-hydrogen) atoms. The van der Waals surface area contributed by atoms with Gasteiger partial charge in [-0.15, -0.1) is 0 Å². The third-order valence-corrected chi connectivity index (χ3v) is 6.80. The minimum absolute atomic E-state index is 0.0370. The zero-order chi connectivity index (χ0) is 19.1. The molecule has 0 bridgehead atoms. The Kier molecular flexibility index (Phi) is 4.54. The summed E-state index contributed by atoms with van der Waals surface area (Å²) >= 11 is 0. The Morgan fingerprint density at radius 3 is 2.00 bits per heavy atom. The van der Waals surface area contributed by atoms with E-state index < -0.39 is 8.07 Å². The molecule has 1 aliphatic rings. The van der Waals surface area contributed by atoms with E-state index in [1.807, 2.05) is 30.3 Å². The van der Waals surface area contributed by atoms with Crippen LogP contribution in [0.1, 0.15) is 42.3 Å². The van der Waals surface area contributed by atoms with Gasteiger partial charge < -0.3 is 0 Å². The fourth-order valence-electron chi connectivity index (χ4n) is 3.29. The highest BCUT2D eigenvalue weighted by Crippen LogP contribution is 2.34. The van der Waals surface area contributed by atoms with E-state index in [-0.39, 0.29) is 11.2 Å². The van der Waals surface area contributed by atoms with Crippen LogP contribution < -0.4 is 5.19 Å². The van der Waals surface area contributed by atoms with Gasteiger partial charge in [0.2, 0.25) is 0 Å². The molecule has 2 aromatic carbocycles. The second-order valence-electron chi connectivity index (χ2n) is 8.92. The normalized spacial score (nSPS) is 12.8. The lowest BCUT2D eigenvalue weighted by molar-refractivity contribution is 0.104. The number of fused-ring (bicyclic) bond motifs is 3. The van der Waals surface area contributed by atoms with E-state index in [0.29, 0.717) is 0 Å². The Labute approximate surface area is 158 Å². The molecule has 0 aromatic heterocycles. The number of rotatable bonds is 1. The monoisotopic (exact) mass is 358 g/mol. The molecule has 2 aromatic rings. The molecule has 3 rings (SSSR count). The molecule has 0 aliphatic heterocycles. The molecule has 1 nitrogen and oxygen atoms in total. The van der Waals surface area contributed by atoms with Crippen LogP contribution in [-0.4, -0.2) is 13.9 Å². The van der Waals surface area contributed by atoms with Crippen molar-refractivity contribution in [2.45, 2.75) is 45.8 Å². The topological polar surface area (TPSA) is 17.1 Å². The van der Waals surface area contributed by atoms with Crippen molar-refractivity contribution in [2.75, 3.05) is 0 Å². The molecule has 0 spiro atoms. The lowest BCUT2D eigenvalue weighted by Gasteiger charge is -2.18. The van der Waals surface area contributed by atoms with Crippen LogP contribution >= 0.6 is 0 Å². The maximum Gasteiger partial charge on any atom is 0.194 e. The molecule has 0 N–H and O–H groups in total.